The Morgan fingerprint density at radius 2 is 2.06 bits per heavy atom. The number of aliphatic hydroxyl groups excluding tert-OH is 1. The van der Waals surface area contributed by atoms with Gasteiger partial charge in [0, 0.05) is 18.8 Å². The van der Waals surface area contributed by atoms with Crippen LogP contribution in [0, 0.1) is 6.92 Å². The summed E-state index contributed by atoms with van der Waals surface area (Å²) in [5.41, 5.74) is 9.17. The lowest BCUT2D eigenvalue weighted by Gasteiger charge is -2.22. The highest BCUT2D eigenvalue weighted by molar-refractivity contribution is 5.49. The molecule has 3 heteroatoms. The first-order chi connectivity index (χ1) is 8.19. The molecular weight excluding hydrogens is 212 g/mol. The monoisotopic (exact) mass is 236 g/mol. The highest BCUT2D eigenvalue weighted by atomic mass is 16.3. The van der Waals surface area contributed by atoms with Crippen LogP contribution in [0.2, 0.25) is 0 Å². The average molecular weight is 236 g/mol. The van der Waals surface area contributed by atoms with Crippen LogP contribution in [-0.4, -0.2) is 29.7 Å². The van der Waals surface area contributed by atoms with Gasteiger partial charge in [-0.15, -0.1) is 0 Å². The minimum Gasteiger partial charge on any atom is -0.399 e. The minimum atomic E-state index is 0.213. The number of anilines is 1. The van der Waals surface area contributed by atoms with Gasteiger partial charge in [-0.2, -0.15) is 0 Å². The fourth-order valence-corrected chi connectivity index (χ4v) is 1.91. The molecule has 1 aromatic rings. The smallest absolute Gasteiger partial charge is 0.0558 e. The molecule has 0 aromatic heterocycles. The SMILES string of the molecule is CCCCN(CCO)Cc1cccc(N)c1C. The molecule has 0 unspecified atom stereocenters. The van der Waals surface area contributed by atoms with E-state index in [0.29, 0.717) is 0 Å². The van der Waals surface area contributed by atoms with E-state index in [1.807, 2.05) is 12.1 Å². The first kappa shape index (κ1) is 14.0. The van der Waals surface area contributed by atoms with E-state index >= 15 is 0 Å². The van der Waals surface area contributed by atoms with Crippen molar-refractivity contribution < 1.29 is 5.11 Å². The fraction of sp³-hybridized carbons (Fsp3) is 0.571. The van der Waals surface area contributed by atoms with Gasteiger partial charge in [-0.05, 0) is 37.1 Å². The van der Waals surface area contributed by atoms with Crippen LogP contribution in [0.1, 0.15) is 30.9 Å². The van der Waals surface area contributed by atoms with Crippen LogP contribution in [-0.2, 0) is 6.54 Å². The molecule has 0 amide bonds. The van der Waals surface area contributed by atoms with Crippen LogP contribution in [0.3, 0.4) is 0 Å². The van der Waals surface area contributed by atoms with Gasteiger partial charge in [-0.3, -0.25) is 4.90 Å². The molecular formula is C14H24N2O. The van der Waals surface area contributed by atoms with Crippen molar-refractivity contribution in [1.82, 2.24) is 4.90 Å². The number of unbranched alkanes of at least 4 members (excludes halogenated alkanes) is 1. The van der Waals surface area contributed by atoms with E-state index in [2.05, 4.69) is 24.8 Å². The summed E-state index contributed by atoms with van der Waals surface area (Å²) in [6.07, 6.45) is 2.35. The molecule has 0 spiro atoms. The van der Waals surface area contributed by atoms with Crippen molar-refractivity contribution in [3.63, 3.8) is 0 Å². The van der Waals surface area contributed by atoms with Crippen molar-refractivity contribution in [3.8, 4) is 0 Å². The Morgan fingerprint density at radius 1 is 1.29 bits per heavy atom. The van der Waals surface area contributed by atoms with E-state index in [1.54, 1.807) is 0 Å². The van der Waals surface area contributed by atoms with Gasteiger partial charge in [0.25, 0.3) is 0 Å². The lowest BCUT2D eigenvalue weighted by Crippen LogP contribution is -2.28. The van der Waals surface area contributed by atoms with Crippen LogP contribution < -0.4 is 5.73 Å². The summed E-state index contributed by atoms with van der Waals surface area (Å²) in [4.78, 5) is 2.28. The van der Waals surface area contributed by atoms with Gasteiger partial charge in [0.2, 0.25) is 0 Å². The molecule has 3 N–H and O–H groups in total. The molecule has 3 nitrogen and oxygen atoms in total. The van der Waals surface area contributed by atoms with Gasteiger partial charge in [0.1, 0.15) is 0 Å². The van der Waals surface area contributed by atoms with Gasteiger partial charge in [-0.25, -0.2) is 0 Å². The predicted octanol–water partition coefficient (Wildman–Crippen LogP) is 2.17. The van der Waals surface area contributed by atoms with Gasteiger partial charge < -0.3 is 10.8 Å². The third kappa shape index (κ3) is 4.36. The first-order valence-electron chi connectivity index (χ1n) is 6.36. The highest BCUT2D eigenvalue weighted by Gasteiger charge is 2.07. The molecule has 17 heavy (non-hydrogen) atoms. The second kappa shape index (κ2) is 7.30. The van der Waals surface area contributed by atoms with Crippen LogP contribution in [0.5, 0.6) is 0 Å². The maximum absolute atomic E-state index is 9.07. The number of nitrogens with two attached hydrogens (primary N) is 1. The zero-order chi connectivity index (χ0) is 12.7. The van der Waals surface area contributed by atoms with E-state index < -0.39 is 0 Å². The average Bonchev–Trinajstić information content (AvgIpc) is 2.32. The number of hydrogen-bond acceptors (Lipinski definition) is 3. The Morgan fingerprint density at radius 3 is 2.71 bits per heavy atom. The van der Waals surface area contributed by atoms with E-state index in [0.717, 1.165) is 30.9 Å². The highest BCUT2D eigenvalue weighted by Crippen LogP contribution is 2.17. The van der Waals surface area contributed by atoms with Crippen LogP contribution in [0.15, 0.2) is 18.2 Å². The minimum absolute atomic E-state index is 0.213. The van der Waals surface area contributed by atoms with Crippen molar-refractivity contribution >= 4 is 5.69 Å². The largest absolute Gasteiger partial charge is 0.399 e. The van der Waals surface area contributed by atoms with E-state index in [9.17, 15) is 0 Å². The number of hydrogen-bond donors (Lipinski definition) is 2. The normalized spacial score (nSPS) is 11.1. The molecule has 96 valence electrons. The zero-order valence-electron chi connectivity index (χ0n) is 10.9. The molecule has 0 saturated carbocycles. The number of aliphatic hydroxyl groups is 1. The molecule has 0 bridgehead atoms. The van der Waals surface area contributed by atoms with Crippen molar-refractivity contribution in [1.29, 1.82) is 0 Å². The maximum Gasteiger partial charge on any atom is 0.0558 e. The topological polar surface area (TPSA) is 49.5 Å². The molecule has 0 fully saturated rings. The number of nitrogen functional groups attached to an aromatic ring is 1. The fourth-order valence-electron chi connectivity index (χ4n) is 1.91. The Balaban J connectivity index is 2.67. The molecule has 1 aromatic carbocycles. The molecule has 0 radical (unpaired) electrons. The summed E-state index contributed by atoms with van der Waals surface area (Å²) in [5, 5.41) is 9.07. The zero-order valence-corrected chi connectivity index (χ0v) is 10.9. The summed E-state index contributed by atoms with van der Waals surface area (Å²) in [5.74, 6) is 0. The number of nitrogens with zero attached hydrogens (tertiary/aromatic N) is 1. The Bertz CT molecular complexity index is 339. The van der Waals surface area contributed by atoms with Crippen molar-refractivity contribution in [2.75, 3.05) is 25.4 Å². The Labute approximate surface area is 104 Å². The van der Waals surface area contributed by atoms with Gasteiger partial charge in [0.15, 0.2) is 0 Å². The van der Waals surface area contributed by atoms with Crippen molar-refractivity contribution in [2.24, 2.45) is 0 Å². The second-order valence-corrected chi connectivity index (χ2v) is 4.48. The van der Waals surface area contributed by atoms with Gasteiger partial charge in [-0.1, -0.05) is 25.5 Å². The third-order valence-electron chi connectivity index (χ3n) is 3.13. The molecule has 0 saturated heterocycles. The van der Waals surface area contributed by atoms with Gasteiger partial charge >= 0.3 is 0 Å². The predicted molar refractivity (Wildman–Crippen MR) is 72.9 cm³/mol. The number of rotatable bonds is 7. The summed E-state index contributed by atoms with van der Waals surface area (Å²) >= 11 is 0. The maximum atomic E-state index is 9.07. The molecule has 0 heterocycles. The second-order valence-electron chi connectivity index (χ2n) is 4.48. The van der Waals surface area contributed by atoms with Crippen LogP contribution >= 0.6 is 0 Å². The van der Waals surface area contributed by atoms with E-state index in [-0.39, 0.29) is 6.61 Å². The molecule has 0 aliphatic carbocycles. The van der Waals surface area contributed by atoms with Crippen molar-refractivity contribution in [3.05, 3.63) is 29.3 Å². The molecule has 1 rings (SSSR count). The van der Waals surface area contributed by atoms with Crippen LogP contribution in [0.4, 0.5) is 5.69 Å². The van der Waals surface area contributed by atoms with E-state index in [4.69, 9.17) is 10.8 Å². The summed E-state index contributed by atoms with van der Waals surface area (Å²) < 4.78 is 0. The third-order valence-corrected chi connectivity index (χ3v) is 3.13. The lowest BCUT2D eigenvalue weighted by atomic mass is 10.1. The van der Waals surface area contributed by atoms with Crippen molar-refractivity contribution in [2.45, 2.75) is 33.2 Å². The van der Waals surface area contributed by atoms with Gasteiger partial charge in [0.05, 0.1) is 6.61 Å². The molecule has 0 atom stereocenters. The first-order valence-corrected chi connectivity index (χ1v) is 6.36. The number of benzene rings is 1. The van der Waals surface area contributed by atoms with E-state index in [1.165, 1.54) is 18.4 Å². The summed E-state index contributed by atoms with van der Waals surface area (Å²) in [7, 11) is 0. The summed E-state index contributed by atoms with van der Waals surface area (Å²) in [6.45, 7) is 7.09. The molecule has 0 aliphatic rings. The Hall–Kier alpha value is -1.06. The van der Waals surface area contributed by atoms with Crippen LogP contribution in [0.25, 0.3) is 0 Å². The lowest BCUT2D eigenvalue weighted by molar-refractivity contribution is 0.188. The Kier molecular flexibility index (Phi) is 6.01. The summed E-state index contributed by atoms with van der Waals surface area (Å²) in [6, 6.07) is 6.04. The quantitative estimate of drug-likeness (QED) is 0.713. The standard InChI is InChI=1S/C14H24N2O/c1-3-4-8-16(9-10-17)11-13-6-5-7-14(15)12(13)2/h5-7,17H,3-4,8-11,15H2,1-2H3. The molecule has 0 aliphatic heterocycles.